The van der Waals surface area contributed by atoms with Crippen LogP contribution in [0.25, 0.3) is 11.3 Å². The van der Waals surface area contributed by atoms with Crippen LogP contribution in [0.15, 0.2) is 34.9 Å². The van der Waals surface area contributed by atoms with E-state index in [9.17, 15) is 4.79 Å². The molecule has 0 aliphatic heterocycles. The van der Waals surface area contributed by atoms with Crippen molar-refractivity contribution in [1.29, 1.82) is 0 Å². The van der Waals surface area contributed by atoms with E-state index in [1.54, 1.807) is 18.2 Å². The summed E-state index contributed by atoms with van der Waals surface area (Å²) in [5.41, 5.74) is 1.17. The van der Waals surface area contributed by atoms with Crippen molar-refractivity contribution in [2.45, 2.75) is 31.7 Å². The molecule has 6 heteroatoms. The molecule has 25 heavy (non-hydrogen) atoms. The van der Waals surface area contributed by atoms with Crippen LogP contribution in [0.3, 0.4) is 0 Å². The number of rotatable bonds is 5. The van der Waals surface area contributed by atoms with Gasteiger partial charge in [0.05, 0.1) is 0 Å². The zero-order valence-corrected chi connectivity index (χ0v) is 15.4. The van der Waals surface area contributed by atoms with E-state index < -0.39 is 0 Å². The lowest BCUT2D eigenvalue weighted by Crippen LogP contribution is -2.45. The zero-order valence-electron chi connectivity index (χ0n) is 14.7. The maximum absolute atomic E-state index is 12.6. The van der Waals surface area contributed by atoms with Gasteiger partial charge in [-0.2, -0.15) is 0 Å². The summed E-state index contributed by atoms with van der Waals surface area (Å²) in [7, 11) is 4.15. The number of aromatic nitrogens is 1. The van der Waals surface area contributed by atoms with Crippen molar-refractivity contribution in [2.75, 3.05) is 20.6 Å². The van der Waals surface area contributed by atoms with Crippen LogP contribution in [0.1, 0.15) is 36.2 Å². The second-order valence-corrected chi connectivity index (χ2v) is 7.41. The Kier molecular flexibility index (Phi) is 5.76. The summed E-state index contributed by atoms with van der Waals surface area (Å²) in [6.07, 6.45) is 4.56. The monoisotopic (exact) mass is 361 g/mol. The number of nitrogens with zero attached hydrogens (tertiary/aromatic N) is 2. The van der Waals surface area contributed by atoms with Gasteiger partial charge in [-0.25, -0.2) is 0 Å². The molecule has 1 aromatic carbocycles. The van der Waals surface area contributed by atoms with Gasteiger partial charge in [0.1, 0.15) is 0 Å². The summed E-state index contributed by atoms with van der Waals surface area (Å²) in [5.74, 6) is 0.880. The molecule has 0 saturated heterocycles. The molecule has 1 saturated carbocycles. The van der Waals surface area contributed by atoms with E-state index in [1.807, 2.05) is 12.1 Å². The van der Waals surface area contributed by atoms with Crippen LogP contribution in [0, 0.1) is 5.92 Å². The van der Waals surface area contributed by atoms with Gasteiger partial charge in [-0.05, 0) is 57.1 Å². The number of hydrogen-bond donors (Lipinski definition) is 1. The lowest BCUT2D eigenvalue weighted by molar-refractivity contribution is 0.0886. The number of halogens is 1. The molecule has 1 aromatic heterocycles. The molecule has 2 unspecified atom stereocenters. The lowest BCUT2D eigenvalue weighted by atomic mass is 9.84. The van der Waals surface area contributed by atoms with Crippen molar-refractivity contribution in [1.82, 2.24) is 15.4 Å². The van der Waals surface area contributed by atoms with E-state index in [4.69, 9.17) is 16.1 Å². The van der Waals surface area contributed by atoms with Gasteiger partial charge in [0.25, 0.3) is 5.91 Å². The minimum atomic E-state index is -0.167. The van der Waals surface area contributed by atoms with Crippen LogP contribution in [-0.4, -0.2) is 42.6 Å². The van der Waals surface area contributed by atoms with Crippen molar-refractivity contribution >= 4 is 17.5 Å². The third kappa shape index (κ3) is 4.61. The molecule has 1 fully saturated rings. The summed E-state index contributed by atoms with van der Waals surface area (Å²) >= 11 is 5.90. The van der Waals surface area contributed by atoms with Crippen molar-refractivity contribution in [3.8, 4) is 11.3 Å². The molecular weight excluding hydrogens is 338 g/mol. The van der Waals surface area contributed by atoms with Gasteiger partial charge in [0.2, 0.25) is 0 Å². The van der Waals surface area contributed by atoms with Crippen LogP contribution in [0.2, 0.25) is 5.02 Å². The Balaban J connectivity index is 1.67. The van der Waals surface area contributed by atoms with Crippen molar-refractivity contribution in [3.05, 3.63) is 41.0 Å². The van der Waals surface area contributed by atoms with Crippen LogP contribution in [0.5, 0.6) is 0 Å². The Bertz CT molecular complexity index is 712. The van der Waals surface area contributed by atoms with Gasteiger partial charge in [-0.15, -0.1) is 0 Å². The molecule has 0 bridgehead atoms. The SMILES string of the molecule is CN(C)CC1CCCCC1NC(=O)c1cc(-c2ccc(Cl)cc2)on1. The predicted octanol–water partition coefficient (Wildman–Crippen LogP) is 3.85. The van der Waals surface area contributed by atoms with Gasteiger partial charge in [0.15, 0.2) is 11.5 Å². The highest BCUT2D eigenvalue weighted by Gasteiger charge is 2.28. The van der Waals surface area contributed by atoms with Crippen molar-refractivity contribution < 1.29 is 9.32 Å². The zero-order chi connectivity index (χ0) is 17.8. The van der Waals surface area contributed by atoms with Crippen LogP contribution in [-0.2, 0) is 0 Å². The normalized spacial score (nSPS) is 20.6. The predicted molar refractivity (Wildman–Crippen MR) is 98.7 cm³/mol. The lowest BCUT2D eigenvalue weighted by Gasteiger charge is -2.33. The van der Waals surface area contributed by atoms with E-state index in [0.717, 1.165) is 31.4 Å². The maximum Gasteiger partial charge on any atom is 0.273 e. The molecule has 1 amide bonds. The Labute approximate surface area is 153 Å². The molecular formula is C19H24ClN3O2. The molecule has 1 aliphatic rings. The standard InChI is InChI=1S/C19H24ClN3O2/c1-23(2)12-14-5-3-4-6-16(14)21-19(24)17-11-18(25-22-17)13-7-9-15(20)10-8-13/h7-11,14,16H,3-6,12H2,1-2H3,(H,21,24). The summed E-state index contributed by atoms with van der Waals surface area (Å²) in [5, 5.41) is 7.75. The Hall–Kier alpha value is -1.85. The summed E-state index contributed by atoms with van der Waals surface area (Å²) in [4.78, 5) is 14.8. The summed E-state index contributed by atoms with van der Waals surface area (Å²) < 4.78 is 5.33. The first kappa shape index (κ1) is 18.0. The second-order valence-electron chi connectivity index (χ2n) is 6.97. The van der Waals surface area contributed by atoms with E-state index >= 15 is 0 Å². The molecule has 0 spiro atoms. The van der Waals surface area contributed by atoms with E-state index in [1.165, 1.54) is 6.42 Å². The first-order valence-corrected chi connectivity index (χ1v) is 9.09. The number of benzene rings is 1. The fraction of sp³-hybridized carbons (Fsp3) is 0.474. The molecule has 0 radical (unpaired) electrons. The average Bonchev–Trinajstić information content (AvgIpc) is 3.07. The average molecular weight is 362 g/mol. The minimum absolute atomic E-state index is 0.167. The maximum atomic E-state index is 12.6. The number of amides is 1. The van der Waals surface area contributed by atoms with Crippen LogP contribution in [0.4, 0.5) is 0 Å². The Morgan fingerprint density at radius 2 is 2.00 bits per heavy atom. The molecule has 134 valence electrons. The Morgan fingerprint density at radius 1 is 1.28 bits per heavy atom. The summed E-state index contributed by atoms with van der Waals surface area (Å²) in [6, 6.07) is 9.14. The fourth-order valence-electron chi connectivity index (χ4n) is 3.46. The molecule has 1 aliphatic carbocycles. The highest BCUT2D eigenvalue weighted by Crippen LogP contribution is 2.26. The number of carbonyl (C=O) groups excluding carboxylic acids is 1. The quantitative estimate of drug-likeness (QED) is 0.878. The van der Waals surface area contributed by atoms with Gasteiger partial charge in [-0.1, -0.05) is 29.6 Å². The van der Waals surface area contributed by atoms with E-state index in [2.05, 4.69) is 29.5 Å². The topological polar surface area (TPSA) is 58.4 Å². The molecule has 1 heterocycles. The Morgan fingerprint density at radius 3 is 2.72 bits per heavy atom. The highest BCUT2D eigenvalue weighted by molar-refractivity contribution is 6.30. The molecule has 1 N–H and O–H groups in total. The first-order chi connectivity index (χ1) is 12.0. The third-order valence-electron chi connectivity index (χ3n) is 4.70. The molecule has 5 nitrogen and oxygen atoms in total. The van der Waals surface area contributed by atoms with E-state index in [-0.39, 0.29) is 11.9 Å². The van der Waals surface area contributed by atoms with Gasteiger partial charge < -0.3 is 14.7 Å². The first-order valence-electron chi connectivity index (χ1n) is 8.71. The highest BCUT2D eigenvalue weighted by atomic mass is 35.5. The summed E-state index contributed by atoms with van der Waals surface area (Å²) in [6.45, 7) is 0.986. The number of hydrogen-bond acceptors (Lipinski definition) is 4. The van der Waals surface area contributed by atoms with Crippen LogP contribution >= 0.6 is 11.6 Å². The number of nitrogens with one attached hydrogen (secondary N) is 1. The van der Waals surface area contributed by atoms with Crippen molar-refractivity contribution in [2.24, 2.45) is 5.92 Å². The molecule has 2 aromatic rings. The van der Waals surface area contributed by atoms with Gasteiger partial charge in [-0.3, -0.25) is 4.79 Å². The van der Waals surface area contributed by atoms with E-state index in [0.29, 0.717) is 22.4 Å². The largest absolute Gasteiger partial charge is 0.355 e. The van der Waals surface area contributed by atoms with Gasteiger partial charge >= 0.3 is 0 Å². The second kappa shape index (κ2) is 8.02. The van der Waals surface area contributed by atoms with Crippen molar-refractivity contribution in [3.63, 3.8) is 0 Å². The number of carbonyl (C=O) groups is 1. The van der Waals surface area contributed by atoms with Crippen LogP contribution < -0.4 is 5.32 Å². The minimum Gasteiger partial charge on any atom is -0.355 e. The molecule has 2 atom stereocenters. The molecule has 3 rings (SSSR count). The smallest absolute Gasteiger partial charge is 0.273 e. The third-order valence-corrected chi connectivity index (χ3v) is 4.95. The fourth-order valence-corrected chi connectivity index (χ4v) is 3.59. The van der Waals surface area contributed by atoms with Gasteiger partial charge in [0, 0.05) is 29.2 Å².